The van der Waals surface area contributed by atoms with E-state index in [9.17, 15) is 26.3 Å². The largest absolute Gasteiger partial charge is 0.392 e. The first-order chi connectivity index (χ1) is 5.99. The Morgan fingerprint density at radius 2 is 1.57 bits per heavy atom. The molecule has 6 heteroatoms. The molecule has 3 unspecified atom stereocenters. The van der Waals surface area contributed by atoms with Gasteiger partial charge in [0.2, 0.25) is 0 Å². The molecule has 0 aromatic carbocycles. The van der Waals surface area contributed by atoms with E-state index < -0.39 is 36.0 Å². The molecule has 0 aromatic rings. The van der Waals surface area contributed by atoms with Crippen molar-refractivity contribution in [3.8, 4) is 0 Å². The van der Waals surface area contributed by atoms with Crippen molar-refractivity contribution >= 4 is 0 Å². The summed E-state index contributed by atoms with van der Waals surface area (Å²) in [6.07, 6.45) is -9.47. The highest BCUT2D eigenvalue weighted by molar-refractivity contribution is 5.06. The summed E-state index contributed by atoms with van der Waals surface area (Å²) >= 11 is 0. The van der Waals surface area contributed by atoms with Crippen molar-refractivity contribution in [2.45, 2.75) is 32.6 Å². The molecule has 0 N–H and O–H groups in total. The Morgan fingerprint density at radius 3 is 1.79 bits per heavy atom. The standard InChI is InChI=1S/C8H10F6/c1-4(7(9,10)11)6(2)3-5(6)8(12,13)14/h4-5H,3H2,1-2H3. The van der Waals surface area contributed by atoms with Crippen LogP contribution in [-0.2, 0) is 0 Å². The van der Waals surface area contributed by atoms with Crippen molar-refractivity contribution < 1.29 is 26.3 Å². The first-order valence-corrected chi connectivity index (χ1v) is 4.13. The zero-order valence-corrected chi connectivity index (χ0v) is 7.63. The van der Waals surface area contributed by atoms with Crippen molar-refractivity contribution in [3.05, 3.63) is 0 Å². The van der Waals surface area contributed by atoms with Gasteiger partial charge in [-0.3, -0.25) is 0 Å². The normalized spacial score (nSPS) is 35.6. The van der Waals surface area contributed by atoms with Gasteiger partial charge in [0.15, 0.2) is 0 Å². The van der Waals surface area contributed by atoms with Gasteiger partial charge in [-0.15, -0.1) is 0 Å². The molecule has 0 saturated heterocycles. The molecule has 1 aliphatic rings. The van der Waals surface area contributed by atoms with Gasteiger partial charge in [0, 0.05) is 0 Å². The zero-order chi connectivity index (χ0) is 11.4. The predicted octanol–water partition coefficient (Wildman–Crippen LogP) is 3.77. The van der Waals surface area contributed by atoms with Gasteiger partial charge in [0.25, 0.3) is 0 Å². The molecule has 1 aliphatic carbocycles. The van der Waals surface area contributed by atoms with Crippen LogP contribution in [0.15, 0.2) is 0 Å². The average molecular weight is 220 g/mol. The molecule has 14 heavy (non-hydrogen) atoms. The summed E-state index contributed by atoms with van der Waals surface area (Å²) in [5, 5.41) is 0. The summed E-state index contributed by atoms with van der Waals surface area (Å²) in [5.74, 6) is -3.70. The molecule has 0 heterocycles. The Labute approximate surface area is 77.3 Å². The fourth-order valence-corrected chi connectivity index (χ4v) is 1.72. The Kier molecular flexibility index (Phi) is 2.32. The summed E-state index contributed by atoms with van der Waals surface area (Å²) < 4.78 is 72.9. The molecule has 0 aliphatic heterocycles. The fraction of sp³-hybridized carbons (Fsp3) is 1.00. The highest BCUT2D eigenvalue weighted by Crippen LogP contribution is 2.66. The highest BCUT2D eigenvalue weighted by atomic mass is 19.4. The molecule has 0 radical (unpaired) electrons. The maximum absolute atomic E-state index is 12.2. The third kappa shape index (κ3) is 1.83. The lowest BCUT2D eigenvalue weighted by molar-refractivity contribution is -0.203. The maximum Gasteiger partial charge on any atom is 0.392 e. The first-order valence-electron chi connectivity index (χ1n) is 4.13. The van der Waals surface area contributed by atoms with Crippen LogP contribution in [0.1, 0.15) is 20.3 Å². The van der Waals surface area contributed by atoms with Gasteiger partial charge < -0.3 is 0 Å². The minimum absolute atomic E-state index is 0.419. The van der Waals surface area contributed by atoms with Crippen LogP contribution < -0.4 is 0 Å². The highest BCUT2D eigenvalue weighted by Gasteiger charge is 2.69. The zero-order valence-electron chi connectivity index (χ0n) is 7.63. The maximum atomic E-state index is 12.2. The lowest BCUT2D eigenvalue weighted by Gasteiger charge is -2.23. The minimum atomic E-state index is -4.55. The van der Waals surface area contributed by atoms with E-state index in [1.54, 1.807) is 0 Å². The van der Waals surface area contributed by atoms with Gasteiger partial charge in [-0.05, 0) is 11.8 Å². The number of alkyl halides is 6. The van der Waals surface area contributed by atoms with E-state index in [-0.39, 0.29) is 0 Å². The van der Waals surface area contributed by atoms with Crippen LogP contribution in [0.4, 0.5) is 26.3 Å². The molecule has 1 rings (SSSR count). The summed E-state index contributed by atoms with van der Waals surface area (Å²) in [5.41, 5.74) is -1.66. The van der Waals surface area contributed by atoms with Gasteiger partial charge in [-0.1, -0.05) is 13.8 Å². The Morgan fingerprint density at radius 1 is 1.14 bits per heavy atom. The summed E-state index contributed by atoms with van der Waals surface area (Å²) in [7, 11) is 0. The number of hydrogen-bond acceptors (Lipinski definition) is 0. The molecular weight excluding hydrogens is 210 g/mol. The number of hydrogen-bond donors (Lipinski definition) is 0. The molecule has 0 spiro atoms. The summed E-state index contributed by atoms with van der Waals surface area (Å²) in [6.45, 7) is 1.86. The van der Waals surface area contributed by atoms with Crippen LogP contribution in [0.2, 0.25) is 0 Å². The van der Waals surface area contributed by atoms with Gasteiger partial charge >= 0.3 is 12.4 Å². The van der Waals surface area contributed by atoms with E-state index >= 15 is 0 Å². The van der Waals surface area contributed by atoms with Gasteiger partial charge in [-0.2, -0.15) is 26.3 Å². The molecule has 3 atom stereocenters. The van der Waals surface area contributed by atoms with Crippen molar-refractivity contribution in [2.75, 3.05) is 0 Å². The van der Waals surface area contributed by atoms with Gasteiger partial charge in [0.1, 0.15) is 0 Å². The van der Waals surface area contributed by atoms with Gasteiger partial charge in [-0.25, -0.2) is 0 Å². The summed E-state index contributed by atoms with van der Waals surface area (Å²) in [4.78, 5) is 0. The van der Waals surface area contributed by atoms with E-state index in [0.29, 0.717) is 0 Å². The van der Waals surface area contributed by atoms with Crippen LogP contribution in [0.3, 0.4) is 0 Å². The molecule has 1 fully saturated rings. The van der Waals surface area contributed by atoms with E-state index in [2.05, 4.69) is 0 Å². The monoisotopic (exact) mass is 220 g/mol. The van der Waals surface area contributed by atoms with Crippen molar-refractivity contribution in [3.63, 3.8) is 0 Å². The van der Waals surface area contributed by atoms with Crippen molar-refractivity contribution in [1.82, 2.24) is 0 Å². The van der Waals surface area contributed by atoms with Crippen molar-refractivity contribution in [2.24, 2.45) is 17.3 Å². The second-order valence-corrected chi connectivity index (χ2v) is 4.07. The summed E-state index contributed by atoms with van der Waals surface area (Å²) in [6, 6.07) is 0. The molecular formula is C8H10F6. The van der Waals surface area contributed by atoms with Crippen LogP contribution in [0.25, 0.3) is 0 Å². The SMILES string of the molecule is CC(C(F)(F)F)C1(C)CC1C(F)(F)F. The van der Waals surface area contributed by atoms with E-state index in [1.165, 1.54) is 0 Å². The lowest BCUT2D eigenvalue weighted by Crippen LogP contribution is -2.31. The van der Waals surface area contributed by atoms with E-state index in [4.69, 9.17) is 0 Å². The molecule has 0 nitrogen and oxygen atoms in total. The lowest BCUT2D eigenvalue weighted by atomic mass is 9.89. The molecule has 84 valence electrons. The van der Waals surface area contributed by atoms with E-state index in [1.807, 2.05) is 0 Å². The van der Waals surface area contributed by atoms with Crippen LogP contribution >= 0.6 is 0 Å². The second kappa shape index (κ2) is 2.79. The first kappa shape index (κ1) is 11.7. The van der Waals surface area contributed by atoms with Crippen LogP contribution in [0.5, 0.6) is 0 Å². The molecule has 1 saturated carbocycles. The van der Waals surface area contributed by atoms with Crippen LogP contribution in [-0.4, -0.2) is 12.4 Å². The van der Waals surface area contributed by atoms with Gasteiger partial charge in [0.05, 0.1) is 11.8 Å². The Hall–Kier alpha value is -0.420. The average Bonchev–Trinajstić information content (AvgIpc) is 2.59. The van der Waals surface area contributed by atoms with E-state index in [0.717, 1.165) is 13.8 Å². The third-order valence-corrected chi connectivity index (χ3v) is 3.16. The van der Waals surface area contributed by atoms with Crippen LogP contribution in [0, 0.1) is 17.3 Å². The number of halogens is 6. The smallest absolute Gasteiger partial charge is 0.171 e. The quantitative estimate of drug-likeness (QED) is 0.590. The second-order valence-electron chi connectivity index (χ2n) is 4.07. The number of rotatable bonds is 1. The van der Waals surface area contributed by atoms with Crippen molar-refractivity contribution in [1.29, 1.82) is 0 Å². The predicted molar refractivity (Wildman–Crippen MR) is 37.5 cm³/mol. The fourth-order valence-electron chi connectivity index (χ4n) is 1.72. The molecule has 0 amide bonds. The Balaban J connectivity index is 2.74. The molecule has 0 bridgehead atoms. The third-order valence-electron chi connectivity index (χ3n) is 3.16. The minimum Gasteiger partial charge on any atom is -0.171 e. The Bertz CT molecular complexity index is 227. The molecule has 0 aromatic heterocycles. The topological polar surface area (TPSA) is 0 Å².